The van der Waals surface area contributed by atoms with Crippen LogP contribution < -0.4 is 5.43 Å². The number of carbonyl (C=O) groups excluding carboxylic acids is 2. The second-order valence-electron chi connectivity index (χ2n) is 10.1. The van der Waals surface area contributed by atoms with Crippen LogP contribution in [0.5, 0.6) is 0 Å². The van der Waals surface area contributed by atoms with Crippen molar-refractivity contribution in [3.05, 3.63) is 99.1 Å². The highest BCUT2D eigenvalue weighted by atomic mass is 16.4. The second-order valence-corrected chi connectivity index (χ2v) is 10.1. The molecule has 6 nitrogen and oxygen atoms in total. The number of hydrazone groups is 1. The molecule has 0 spiro atoms. The number of benzene rings is 3. The van der Waals surface area contributed by atoms with Gasteiger partial charge in [0.25, 0.3) is 0 Å². The normalized spacial score (nSPS) is 15.7. The van der Waals surface area contributed by atoms with E-state index in [0.717, 1.165) is 23.1 Å². The van der Waals surface area contributed by atoms with Gasteiger partial charge >= 0.3 is 5.97 Å². The Labute approximate surface area is 203 Å². The summed E-state index contributed by atoms with van der Waals surface area (Å²) in [6.45, 7) is 8.44. The minimum atomic E-state index is -1.16. The van der Waals surface area contributed by atoms with E-state index in [1.165, 1.54) is 0 Å². The molecule has 3 aromatic rings. The first-order valence-corrected chi connectivity index (χ1v) is 11.7. The van der Waals surface area contributed by atoms with Crippen LogP contribution in [0.4, 0.5) is 5.69 Å². The standard InChI is InChI=1S/C29H26N2O4/c1-15(2)16-12-20(21-14-29(3,4)22(21)13-16)25(28(34)35)31-30-23-11-7-10-19-24(23)27(33)18-9-6-5-8-17(18)26(19)32/h5-13,15,30H,14H2,1-4H3,(H,34,35)/b31-25+. The Morgan fingerprint density at radius 2 is 1.63 bits per heavy atom. The minimum absolute atomic E-state index is 0.0231. The molecule has 35 heavy (non-hydrogen) atoms. The first-order valence-electron chi connectivity index (χ1n) is 11.7. The van der Waals surface area contributed by atoms with Gasteiger partial charge in [-0.1, -0.05) is 70.2 Å². The van der Waals surface area contributed by atoms with Gasteiger partial charge in [-0.15, -0.1) is 0 Å². The van der Waals surface area contributed by atoms with Crippen LogP contribution in [0.1, 0.15) is 87.7 Å². The third-order valence-electron chi connectivity index (χ3n) is 6.99. The Kier molecular flexibility index (Phi) is 5.20. The van der Waals surface area contributed by atoms with Gasteiger partial charge in [-0.2, -0.15) is 5.10 Å². The summed E-state index contributed by atoms with van der Waals surface area (Å²) >= 11 is 0. The maximum atomic E-state index is 13.3. The molecular weight excluding hydrogens is 440 g/mol. The van der Waals surface area contributed by atoms with Crippen molar-refractivity contribution in [1.82, 2.24) is 0 Å². The van der Waals surface area contributed by atoms with Crippen molar-refractivity contribution in [2.45, 2.75) is 45.4 Å². The molecule has 0 radical (unpaired) electrons. The Balaban J connectivity index is 1.60. The monoisotopic (exact) mass is 466 g/mol. The molecule has 0 saturated heterocycles. The summed E-state index contributed by atoms with van der Waals surface area (Å²) in [6.07, 6.45) is 0.757. The molecule has 0 atom stereocenters. The molecule has 5 rings (SSSR count). The Bertz CT molecular complexity index is 1460. The maximum Gasteiger partial charge on any atom is 0.356 e. The topological polar surface area (TPSA) is 95.8 Å². The summed E-state index contributed by atoms with van der Waals surface area (Å²) in [6, 6.07) is 15.7. The van der Waals surface area contributed by atoms with Gasteiger partial charge in [0.2, 0.25) is 0 Å². The van der Waals surface area contributed by atoms with E-state index in [4.69, 9.17) is 0 Å². The number of rotatable bonds is 5. The summed E-state index contributed by atoms with van der Waals surface area (Å²) in [5, 5.41) is 14.3. The summed E-state index contributed by atoms with van der Waals surface area (Å²) in [5.41, 5.74) is 7.90. The number of hydrogen-bond acceptors (Lipinski definition) is 5. The van der Waals surface area contributed by atoms with Gasteiger partial charge < -0.3 is 5.11 Å². The molecule has 0 unspecified atom stereocenters. The fourth-order valence-electron chi connectivity index (χ4n) is 5.04. The number of ketones is 2. The Morgan fingerprint density at radius 3 is 2.26 bits per heavy atom. The Morgan fingerprint density at radius 1 is 0.971 bits per heavy atom. The highest BCUT2D eigenvalue weighted by Crippen LogP contribution is 2.44. The third kappa shape index (κ3) is 3.57. The number of hydrogen-bond donors (Lipinski definition) is 2. The van der Waals surface area contributed by atoms with Gasteiger partial charge in [-0.25, -0.2) is 4.79 Å². The van der Waals surface area contributed by atoms with Gasteiger partial charge in [0.15, 0.2) is 17.3 Å². The van der Waals surface area contributed by atoms with Crippen LogP contribution in [0.25, 0.3) is 0 Å². The van der Waals surface area contributed by atoms with Crippen molar-refractivity contribution in [2.75, 3.05) is 5.43 Å². The van der Waals surface area contributed by atoms with E-state index >= 15 is 0 Å². The van der Waals surface area contributed by atoms with Crippen LogP contribution in [-0.4, -0.2) is 28.4 Å². The fourth-order valence-corrected chi connectivity index (χ4v) is 5.04. The van der Waals surface area contributed by atoms with Crippen molar-refractivity contribution >= 4 is 28.9 Å². The SMILES string of the molecule is CC(C)c1cc(/C(=N\Nc2cccc3c2C(=O)c2ccccc2C3=O)C(=O)O)c2c(c1)C(C)(C)C2. The zero-order valence-electron chi connectivity index (χ0n) is 20.1. The quantitative estimate of drug-likeness (QED) is 0.307. The van der Waals surface area contributed by atoms with Crippen LogP contribution in [0.3, 0.4) is 0 Å². The number of carboxylic acids is 1. The molecule has 2 aliphatic rings. The van der Waals surface area contributed by atoms with Crippen molar-refractivity contribution in [1.29, 1.82) is 0 Å². The molecule has 3 aromatic carbocycles. The largest absolute Gasteiger partial charge is 0.476 e. The number of carbonyl (C=O) groups is 3. The van der Waals surface area contributed by atoms with E-state index in [0.29, 0.717) is 22.4 Å². The highest BCUT2D eigenvalue weighted by Gasteiger charge is 2.38. The number of carboxylic acid groups (broad SMARTS) is 1. The molecule has 2 N–H and O–H groups in total. The van der Waals surface area contributed by atoms with Gasteiger partial charge in [0.05, 0.1) is 11.3 Å². The predicted octanol–water partition coefficient (Wildman–Crippen LogP) is 5.32. The van der Waals surface area contributed by atoms with E-state index in [-0.39, 0.29) is 39.7 Å². The zero-order valence-corrected chi connectivity index (χ0v) is 20.1. The number of nitrogens with one attached hydrogen (secondary N) is 1. The third-order valence-corrected chi connectivity index (χ3v) is 6.99. The molecule has 0 amide bonds. The molecular formula is C29H26N2O4. The van der Waals surface area contributed by atoms with E-state index < -0.39 is 5.97 Å². The lowest BCUT2D eigenvalue weighted by atomic mass is 9.64. The van der Waals surface area contributed by atoms with E-state index in [1.54, 1.807) is 42.5 Å². The maximum absolute atomic E-state index is 13.3. The average molecular weight is 467 g/mol. The fraction of sp³-hybridized carbons (Fsp3) is 0.241. The van der Waals surface area contributed by atoms with Crippen molar-refractivity contribution in [3.63, 3.8) is 0 Å². The molecule has 0 bridgehead atoms. The first-order chi connectivity index (χ1) is 16.6. The van der Waals surface area contributed by atoms with Gasteiger partial charge in [-0.05, 0) is 46.6 Å². The number of aliphatic carboxylic acids is 1. The molecule has 0 saturated carbocycles. The average Bonchev–Trinajstić information content (AvgIpc) is 2.82. The van der Waals surface area contributed by atoms with E-state index in [2.05, 4.69) is 44.3 Å². The van der Waals surface area contributed by atoms with E-state index in [1.807, 2.05) is 6.07 Å². The van der Waals surface area contributed by atoms with Gasteiger partial charge in [0, 0.05) is 22.3 Å². The van der Waals surface area contributed by atoms with Crippen LogP contribution in [0, 0.1) is 0 Å². The van der Waals surface area contributed by atoms with Gasteiger partial charge in [-0.3, -0.25) is 15.0 Å². The second kappa shape index (κ2) is 8.01. The predicted molar refractivity (Wildman–Crippen MR) is 135 cm³/mol. The molecule has 0 heterocycles. The molecule has 0 fully saturated rings. The highest BCUT2D eigenvalue weighted by molar-refractivity contribution is 6.43. The van der Waals surface area contributed by atoms with Gasteiger partial charge in [0.1, 0.15) is 0 Å². The van der Waals surface area contributed by atoms with E-state index in [9.17, 15) is 19.5 Å². The van der Waals surface area contributed by atoms with Crippen LogP contribution in [0.15, 0.2) is 59.7 Å². The van der Waals surface area contributed by atoms with Crippen LogP contribution in [0.2, 0.25) is 0 Å². The lowest BCUT2D eigenvalue weighted by molar-refractivity contribution is -0.129. The smallest absolute Gasteiger partial charge is 0.356 e. The summed E-state index contributed by atoms with van der Waals surface area (Å²) in [5.74, 6) is -1.47. The van der Waals surface area contributed by atoms with Crippen LogP contribution >= 0.6 is 0 Å². The molecule has 176 valence electrons. The summed E-state index contributed by atoms with van der Waals surface area (Å²) in [7, 11) is 0. The minimum Gasteiger partial charge on any atom is -0.476 e. The van der Waals surface area contributed by atoms with Crippen molar-refractivity contribution in [3.8, 4) is 0 Å². The lowest BCUT2D eigenvalue weighted by Gasteiger charge is -2.40. The number of fused-ring (bicyclic) bond motifs is 3. The zero-order chi connectivity index (χ0) is 25.1. The summed E-state index contributed by atoms with van der Waals surface area (Å²) < 4.78 is 0. The van der Waals surface area contributed by atoms with Crippen LogP contribution in [-0.2, 0) is 16.6 Å². The lowest BCUT2D eigenvalue weighted by Crippen LogP contribution is -2.36. The Hall–Kier alpha value is -4.06. The van der Waals surface area contributed by atoms with Crippen molar-refractivity contribution < 1.29 is 19.5 Å². The molecule has 0 aromatic heterocycles. The number of anilines is 1. The van der Waals surface area contributed by atoms with Crippen molar-refractivity contribution in [2.24, 2.45) is 5.10 Å². The molecule has 6 heteroatoms. The molecule has 0 aliphatic heterocycles. The number of nitrogens with zero attached hydrogens (tertiary/aromatic N) is 1. The summed E-state index contributed by atoms with van der Waals surface area (Å²) in [4.78, 5) is 38.6. The first kappa shape index (κ1) is 22.7. The molecule has 2 aliphatic carbocycles.